The smallest absolute Gasteiger partial charge is 0.314 e. The van der Waals surface area contributed by atoms with Crippen molar-refractivity contribution in [3.05, 3.63) is 52.0 Å². The van der Waals surface area contributed by atoms with E-state index >= 15 is 0 Å². The summed E-state index contributed by atoms with van der Waals surface area (Å²) in [7, 11) is 0. The number of hydrogen-bond donors (Lipinski definition) is 2. The molecule has 6 nitrogen and oxygen atoms in total. The van der Waals surface area contributed by atoms with Crippen LogP contribution in [0.5, 0.6) is 0 Å². The number of nitrogens with zero attached hydrogens (tertiary/aromatic N) is 1. The van der Waals surface area contributed by atoms with Crippen LogP contribution in [-0.2, 0) is 27.2 Å². The molecule has 0 spiro atoms. The Morgan fingerprint density at radius 1 is 1.04 bits per heavy atom. The molecule has 0 aromatic heterocycles. The molecule has 2 aromatic carbocycles. The molecule has 2 aliphatic rings. The molecule has 2 heterocycles. The van der Waals surface area contributed by atoms with Crippen molar-refractivity contribution in [3.63, 3.8) is 0 Å². The van der Waals surface area contributed by atoms with Crippen LogP contribution in [-0.4, -0.2) is 24.3 Å². The van der Waals surface area contributed by atoms with Crippen LogP contribution in [0.2, 0.25) is 5.02 Å². The average molecular weight is 384 g/mol. The van der Waals surface area contributed by atoms with Gasteiger partial charge in [-0.15, -0.1) is 0 Å². The normalized spacial score (nSPS) is 14.7. The minimum atomic E-state index is -0.758. The maximum absolute atomic E-state index is 12.3. The first kappa shape index (κ1) is 17.5. The number of carbonyl (C=O) groups is 3. The third-order valence-corrected chi connectivity index (χ3v) is 5.44. The van der Waals surface area contributed by atoms with Gasteiger partial charge in [-0.05, 0) is 60.7 Å². The minimum Gasteiger partial charge on any atom is -0.318 e. The fraction of sp³-hybridized carbons (Fsp3) is 0.250. The van der Waals surface area contributed by atoms with E-state index in [1.54, 1.807) is 25.1 Å². The van der Waals surface area contributed by atoms with Crippen molar-refractivity contribution >= 4 is 46.4 Å². The van der Waals surface area contributed by atoms with Crippen LogP contribution in [0.4, 0.5) is 17.1 Å². The van der Waals surface area contributed by atoms with E-state index in [0.29, 0.717) is 41.3 Å². The zero-order valence-corrected chi connectivity index (χ0v) is 15.5. The standard InChI is InChI=1S/C20H18ClN3O3/c1-11-15(21)3-2-4-16(11)23-20(27)19(26)22-14-9-12-5-6-17(25)24-8-7-13(10-14)18(12)24/h2-4,9-10H,5-8H2,1H3,(H,22,26)(H,23,27). The van der Waals surface area contributed by atoms with Crippen molar-refractivity contribution < 1.29 is 14.4 Å². The summed E-state index contributed by atoms with van der Waals surface area (Å²) in [5, 5.41) is 5.77. The molecule has 4 rings (SSSR count). The monoisotopic (exact) mass is 383 g/mol. The Morgan fingerprint density at radius 3 is 2.52 bits per heavy atom. The van der Waals surface area contributed by atoms with Gasteiger partial charge in [-0.1, -0.05) is 17.7 Å². The van der Waals surface area contributed by atoms with Crippen LogP contribution >= 0.6 is 11.6 Å². The summed E-state index contributed by atoms with van der Waals surface area (Å²) in [6.07, 6.45) is 1.87. The number of rotatable bonds is 2. The van der Waals surface area contributed by atoms with Gasteiger partial charge in [-0.25, -0.2) is 0 Å². The van der Waals surface area contributed by atoms with Crippen LogP contribution < -0.4 is 15.5 Å². The third kappa shape index (κ3) is 3.17. The number of halogens is 1. The van der Waals surface area contributed by atoms with Gasteiger partial charge in [-0.2, -0.15) is 0 Å². The first-order chi connectivity index (χ1) is 12.9. The molecule has 0 unspecified atom stereocenters. The van der Waals surface area contributed by atoms with Crippen molar-refractivity contribution in [2.24, 2.45) is 0 Å². The number of benzene rings is 2. The van der Waals surface area contributed by atoms with E-state index < -0.39 is 11.8 Å². The maximum Gasteiger partial charge on any atom is 0.314 e. The highest BCUT2D eigenvalue weighted by Gasteiger charge is 2.31. The fourth-order valence-electron chi connectivity index (χ4n) is 3.64. The van der Waals surface area contributed by atoms with Gasteiger partial charge >= 0.3 is 11.8 Å². The van der Waals surface area contributed by atoms with Gasteiger partial charge in [0.25, 0.3) is 0 Å². The van der Waals surface area contributed by atoms with Crippen molar-refractivity contribution in [1.29, 1.82) is 0 Å². The first-order valence-electron chi connectivity index (χ1n) is 8.77. The molecule has 0 atom stereocenters. The molecule has 2 aliphatic heterocycles. The molecule has 7 heteroatoms. The second-order valence-electron chi connectivity index (χ2n) is 6.76. The molecule has 0 aliphatic carbocycles. The van der Waals surface area contributed by atoms with Gasteiger partial charge in [0.15, 0.2) is 0 Å². The van der Waals surface area contributed by atoms with Crippen LogP contribution in [0.3, 0.4) is 0 Å². The third-order valence-electron chi connectivity index (χ3n) is 5.03. The van der Waals surface area contributed by atoms with Gasteiger partial charge in [0.2, 0.25) is 5.91 Å². The topological polar surface area (TPSA) is 78.5 Å². The predicted molar refractivity (Wildman–Crippen MR) is 104 cm³/mol. The van der Waals surface area contributed by atoms with Crippen molar-refractivity contribution in [1.82, 2.24) is 0 Å². The van der Waals surface area contributed by atoms with E-state index in [1.807, 2.05) is 17.0 Å². The highest BCUT2D eigenvalue weighted by molar-refractivity contribution is 6.44. The van der Waals surface area contributed by atoms with Crippen LogP contribution in [0, 0.1) is 6.92 Å². The SMILES string of the molecule is Cc1c(Cl)cccc1NC(=O)C(=O)Nc1cc2c3c(c1)CCN3C(=O)CC2. The van der Waals surface area contributed by atoms with Crippen molar-refractivity contribution in [3.8, 4) is 0 Å². The van der Waals surface area contributed by atoms with Gasteiger partial charge in [0.1, 0.15) is 0 Å². The summed E-state index contributed by atoms with van der Waals surface area (Å²) in [5.41, 5.74) is 4.81. The number of aryl methyl sites for hydroxylation is 1. The van der Waals surface area contributed by atoms with Gasteiger partial charge in [-0.3, -0.25) is 14.4 Å². The summed E-state index contributed by atoms with van der Waals surface area (Å²) in [4.78, 5) is 38.4. The predicted octanol–water partition coefficient (Wildman–Crippen LogP) is 3.06. The zero-order valence-electron chi connectivity index (χ0n) is 14.8. The summed E-state index contributed by atoms with van der Waals surface area (Å²) < 4.78 is 0. The number of anilines is 3. The van der Waals surface area contributed by atoms with Gasteiger partial charge in [0, 0.05) is 29.4 Å². The molecular formula is C20H18ClN3O3. The molecule has 3 amide bonds. The Balaban J connectivity index is 1.51. The Kier molecular flexibility index (Phi) is 4.36. The molecule has 0 saturated carbocycles. The number of nitrogens with one attached hydrogen (secondary N) is 2. The van der Waals surface area contributed by atoms with E-state index in [1.165, 1.54) is 0 Å². The molecule has 0 radical (unpaired) electrons. The molecular weight excluding hydrogens is 366 g/mol. The second-order valence-corrected chi connectivity index (χ2v) is 7.17. The molecule has 0 saturated heterocycles. The Bertz CT molecular complexity index is 987. The van der Waals surface area contributed by atoms with E-state index in [9.17, 15) is 14.4 Å². The van der Waals surface area contributed by atoms with Gasteiger partial charge < -0.3 is 15.5 Å². The minimum absolute atomic E-state index is 0.148. The molecule has 27 heavy (non-hydrogen) atoms. The van der Waals surface area contributed by atoms with Crippen LogP contribution in [0.15, 0.2) is 30.3 Å². The molecule has 2 N–H and O–H groups in total. The lowest BCUT2D eigenvalue weighted by molar-refractivity contribution is -0.133. The maximum atomic E-state index is 12.3. The van der Waals surface area contributed by atoms with Crippen molar-refractivity contribution in [2.75, 3.05) is 22.1 Å². The van der Waals surface area contributed by atoms with E-state index in [2.05, 4.69) is 10.6 Å². The Labute approximate surface area is 161 Å². The highest BCUT2D eigenvalue weighted by Crippen LogP contribution is 2.38. The Morgan fingerprint density at radius 2 is 1.74 bits per heavy atom. The van der Waals surface area contributed by atoms with E-state index in [4.69, 9.17) is 11.6 Å². The van der Waals surface area contributed by atoms with E-state index in [0.717, 1.165) is 23.2 Å². The zero-order chi connectivity index (χ0) is 19.1. The molecule has 138 valence electrons. The molecule has 0 fully saturated rings. The fourth-order valence-corrected chi connectivity index (χ4v) is 3.81. The molecule has 0 bridgehead atoms. The average Bonchev–Trinajstić information content (AvgIpc) is 3.07. The lowest BCUT2D eigenvalue weighted by atomic mass is 9.98. The Hall–Kier alpha value is -2.86. The van der Waals surface area contributed by atoms with Gasteiger partial charge in [0.05, 0.1) is 5.69 Å². The summed E-state index contributed by atoms with van der Waals surface area (Å²) in [6, 6.07) is 8.81. The summed E-state index contributed by atoms with van der Waals surface area (Å²) in [5.74, 6) is -1.36. The largest absolute Gasteiger partial charge is 0.318 e. The van der Waals surface area contributed by atoms with Crippen molar-refractivity contribution in [2.45, 2.75) is 26.2 Å². The molecule has 2 aromatic rings. The second kappa shape index (κ2) is 6.70. The number of hydrogen-bond acceptors (Lipinski definition) is 3. The lowest BCUT2D eigenvalue weighted by Gasteiger charge is -2.25. The lowest BCUT2D eigenvalue weighted by Crippen LogP contribution is -2.33. The number of amides is 3. The summed E-state index contributed by atoms with van der Waals surface area (Å²) >= 11 is 6.04. The van der Waals surface area contributed by atoms with Crippen LogP contribution in [0.1, 0.15) is 23.1 Å². The van der Waals surface area contributed by atoms with E-state index in [-0.39, 0.29) is 5.91 Å². The first-order valence-corrected chi connectivity index (χ1v) is 9.15. The highest BCUT2D eigenvalue weighted by atomic mass is 35.5. The summed E-state index contributed by atoms with van der Waals surface area (Å²) in [6.45, 7) is 2.45. The number of carbonyl (C=O) groups excluding carboxylic acids is 3. The quantitative estimate of drug-likeness (QED) is 0.782. The van der Waals surface area contributed by atoms with Crippen LogP contribution in [0.25, 0.3) is 0 Å².